The first-order valence-corrected chi connectivity index (χ1v) is 5.99. The van der Waals surface area contributed by atoms with E-state index in [4.69, 9.17) is 22.7 Å². The highest BCUT2D eigenvalue weighted by molar-refractivity contribution is 7.71. The summed E-state index contributed by atoms with van der Waals surface area (Å²) in [5.74, 6) is 1.13. The molecule has 0 saturated carbocycles. The molecule has 1 saturated heterocycles. The maximum absolute atomic E-state index is 5.65. The summed E-state index contributed by atoms with van der Waals surface area (Å²) >= 11 is 4.90. The van der Waals surface area contributed by atoms with Crippen LogP contribution in [0.15, 0.2) is 0 Å². The minimum absolute atomic E-state index is 0.302. The number of nitrogens with one attached hydrogen (secondary N) is 1. The molecule has 1 fully saturated rings. The molecule has 1 aliphatic rings. The van der Waals surface area contributed by atoms with E-state index in [0.29, 0.717) is 16.8 Å². The summed E-state index contributed by atoms with van der Waals surface area (Å²) in [7, 11) is 0. The van der Waals surface area contributed by atoms with Gasteiger partial charge in [0.2, 0.25) is 10.7 Å². The normalized spacial score (nSPS) is 20.9. The van der Waals surface area contributed by atoms with Gasteiger partial charge in [-0.2, -0.15) is 4.98 Å². The fraction of sp³-hybridized carbons (Fsp3) is 0.700. The van der Waals surface area contributed by atoms with Crippen molar-refractivity contribution in [3.8, 4) is 0 Å². The first-order chi connectivity index (χ1) is 7.74. The molecule has 1 aromatic rings. The standard InChI is InChI=1S/C10H16N4OS/c11-9-12-8(13-10(16)14-9)5-4-7-3-1-2-6-15-7/h7H,1-6H2,(H3,11,12,13,14,16). The van der Waals surface area contributed by atoms with E-state index < -0.39 is 0 Å². The van der Waals surface area contributed by atoms with Crippen molar-refractivity contribution >= 4 is 18.2 Å². The van der Waals surface area contributed by atoms with Gasteiger partial charge in [-0.1, -0.05) is 0 Å². The predicted octanol–water partition coefficient (Wildman–Crippen LogP) is 1.62. The van der Waals surface area contributed by atoms with Crippen molar-refractivity contribution in [2.45, 2.75) is 38.2 Å². The molecule has 2 heterocycles. The maximum atomic E-state index is 5.65. The van der Waals surface area contributed by atoms with E-state index >= 15 is 0 Å². The van der Waals surface area contributed by atoms with Crippen LogP contribution in [-0.2, 0) is 11.2 Å². The highest BCUT2D eigenvalue weighted by atomic mass is 32.1. The SMILES string of the molecule is Nc1nc(=S)nc(CCC2CCCCO2)[nH]1. The van der Waals surface area contributed by atoms with E-state index in [2.05, 4.69) is 15.0 Å². The topological polar surface area (TPSA) is 76.8 Å². The van der Waals surface area contributed by atoms with Gasteiger partial charge in [-0.25, -0.2) is 4.98 Å². The number of aromatic nitrogens is 3. The van der Waals surface area contributed by atoms with Crippen molar-refractivity contribution < 1.29 is 4.74 Å². The lowest BCUT2D eigenvalue weighted by Gasteiger charge is -2.22. The third-order valence-corrected chi connectivity index (χ3v) is 2.88. The van der Waals surface area contributed by atoms with Crippen LogP contribution in [0.2, 0.25) is 0 Å². The third kappa shape index (κ3) is 3.24. The molecule has 1 atom stereocenters. The van der Waals surface area contributed by atoms with Crippen molar-refractivity contribution in [1.29, 1.82) is 0 Å². The molecule has 2 rings (SSSR count). The Morgan fingerprint density at radius 3 is 3.00 bits per heavy atom. The van der Waals surface area contributed by atoms with Crippen molar-refractivity contribution in [1.82, 2.24) is 15.0 Å². The van der Waals surface area contributed by atoms with Crippen LogP contribution in [0.4, 0.5) is 5.95 Å². The average Bonchev–Trinajstić information content (AvgIpc) is 2.27. The summed E-state index contributed by atoms with van der Waals surface area (Å²) in [4.78, 5) is 10.9. The number of aromatic amines is 1. The monoisotopic (exact) mass is 240 g/mol. The second-order valence-corrected chi connectivity index (χ2v) is 4.36. The molecule has 88 valence electrons. The largest absolute Gasteiger partial charge is 0.378 e. The number of ether oxygens (including phenoxy) is 1. The quantitative estimate of drug-likeness (QED) is 0.785. The molecule has 0 bridgehead atoms. The van der Waals surface area contributed by atoms with E-state index in [9.17, 15) is 0 Å². The molecule has 0 amide bonds. The molecule has 1 aromatic heterocycles. The first-order valence-electron chi connectivity index (χ1n) is 5.58. The smallest absolute Gasteiger partial charge is 0.224 e. The van der Waals surface area contributed by atoms with E-state index in [0.717, 1.165) is 31.7 Å². The molecule has 16 heavy (non-hydrogen) atoms. The number of anilines is 1. The Kier molecular flexibility index (Phi) is 3.84. The molecule has 5 nitrogen and oxygen atoms in total. The highest BCUT2D eigenvalue weighted by Gasteiger charge is 2.14. The maximum Gasteiger partial charge on any atom is 0.224 e. The summed E-state index contributed by atoms with van der Waals surface area (Å²) in [6, 6.07) is 0. The Balaban J connectivity index is 1.90. The van der Waals surface area contributed by atoms with Crippen LogP contribution in [0.3, 0.4) is 0 Å². The molecular formula is C10H16N4OS. The Bertz CT molecular complexity index is 400. The number of rotatable bonds is 3. The van der Waals surface area contributed by atoms with Gasteiger partial charge in [-0.05, 0) is 37.9 Å². The van der Waals surface area contributed by atoms with Crippen LogP contribution >= 0.6 is 12.2 Å². The number of hydrogen-bond acceptors (Lipinski definition) is 5. The number of nitrogen functional groups attached to an aromatic ring is 1. The predicted molar refractivity (Wildman–Crippen MR) is 63.5 cm³/mol. The van der Waals surface area contributed by atoms with Crippen LogP contribution in [0.5, 0.6) is 0 Å². The van der Waals surface area contributed by atoms with Gasteiger partial charge in [0.15, 0.2) is 0 Å². The minimum atomic E-state index is 0.302. The van der Waals surface area contributed by atoms with Gasteiger partial charge < -0.3 is 15.5 Å². The second-order valence-electron chi connectivity index (χ2n) is 3.99. The zero-order valence-electron chi connectivity index (χ0n) is 9.11. The van der Waals surface area contributed by atoms with Crippen LogP contribution in [0.1, 0.15) is 31.5 Å². The number of H-pyrrole nitrogens is 1. The van der Waals surface area contributed by atoms with Crippen molar-refractivity contribution in [2.75, 3.05) is 12.3 Å². The zero-order valence-corrected chi connectivity index (χ0v) is 9.92. The van der Waals surface area contributed by atoms with E-state index in [1.807, 2.05) is 0 Å². The Labute approximate surface area is 99.5 Å². The fourth-order valence-corrected chi connectivity index (χ4v) is 2.11. The Morgan fingerprint density at radius 2 is 2.31 bits per heavy atom. The number of aryl methyl sites for hydroxylation is 1. The minimum Gasteiger partial charge on any atom is -0.378 e. The number of nitrogens with zero attached hydrogens (tertiary/aromatic N) is 2. The fourth-order valence-electron chi connectivity index (χ4n) is 1.90. The van der Waals surface area contributed by atoms with Crippen LogP contribution in [0.25, 0.3) is 0 Å². The van der Waals surface area contributed by atoms with Gasteiger partial charge in [0, 0.05) is 13.0 Å². The summed E-state index contributed by atoms with van der Waals surface area (Å²) in [5.41, 5.74) is 5.56. The lowest BCUT2D eigenvalue weighted by molar-refractivity contribution is 0.0112. The summed E-state index contributed by atoms with van der Waals surface area (Å²) < 4.78 is 5.95. The third-order valence-electron chi connectivity index (χ3n) is 2.70. The summed E-state index contributed by atoms with van der Waals surface area (Å²) in [5, 5.41) is 0. The van der Waals surface area contributed by atoms with Crippen LogP contribution in [-0.4, -0.2) is 27.7 Å². The van der Waals surface area contributed by atoms with Gasteiger partial charge in [0.1, 0.15) is 5.82 Å². The first kappa shape index (κ1) is 11.5. The Morgan fingerprint density at radius 1 is 1.44 bits per heavy atom. The Hall–Kier alpha value is -1.01. The lowest BCUT2D eigenvalue weighted by atomic mass is 10.0. The van der Waals surface area contributed by atoms with Gasteiger partial charge in [-0.15, -0.1) is 0 Å². The second kappa shape index (κ2) is 5.36. The van der Waals surface area contributed by atoms with E-state index in [-0.39, 0.29) is 0 Å². The highest BCUT2D eigenvalue weighted by Crippen LogP contribution is 2.16. The van der Waals surface area contributed by atoms with Crippen LogP contribution in [0, 0.1) is 4.77 Å². The zero-order chi connectivity index (χ0) is 11.4. The molecule has 3 N–H and O–H groups in total. The van der Waals surface area contributed by atoms with Crippen molar-refractivity contribution in [2.24, 2.45) is 0 Å². The van der Waals surface area contributed by atoms with E-state index in [1.165, 1.54) is 12.8 Å². The van der Waals surface area contributed by atoms with Gasteiger partial charge in [0.25, 0.3) is 0 Å². The molecule has 6 heteroatoms. The van der Waals surface area contributed by atoms with Crippen molar-refractivity contribution in [3.63, 3.8) is 0 Å². The van der Waals surface area contributed by atoms with Crippen molar-refractivity contribution in [3.05, 3.63) is 10.6 Å². The van der Waals surface area contributed by atoms with Gasteiger partial charge >= 0.3 is 0 Å². The molecular weight excluding hydrogens is 224 g/mol. The van der Waals surface area contributed by atoms with Gasteiger partial charge in [-0.3, -0.25) is 0 Å². The number of hydrogen-bond donors (Lipinski definition) is 2. The molecule has 0 aliphatic carbocycles. The van der Waals surface area contributed by atoms with Crippen LogP contribution < -0.4 is 5.73 Å². The molecule has 0 spiro atoms. The molecule has 1 unspecified atom stereocenters. The van der Waals surface area contributed by atoms with Gasteiger partial charge in [0.05, 0.1) is 6.10 Å². The average molecular weight is 240 g/mol. The summed E-state index contributed by atoms with van der Waals surface area (Å²) in [6.07, 6.45) is 5.70. The number of nitrogens with two attached hydrogens (primary N) is 1. The lowest BCUT2D eigenvalue weighted by Crippen LogP contribution is -2.20. The summed E-state index contributed by atoms with van der Waals surface area (Å²) in [6.45, 7) is 0.882. The molecule has 0 aromatic carbocycles. The van der Waals surface area contributed by atoms with E-state index in [1.54, 1.807) is 0 Å². The molecule has 0 radical (unpaired) electrons. The molecule has 1 aliphatic heterocycles.